The molecule has 0 aliphatic heterocycles. The number of carboxylic acids is 3. The molecule has 0 bridgehead atoms. The van der Waals surface area contributed by atoms with Crippen molar-refractivity contribution in [2.45, 2.75) is 102 Å². The maximum Gasteiger partial charge on any atom is 0.326 e. The molecule has 6 amide bonds. The van der Waals surface area contributed by atoms with Crippen LogP contribution in [-0.2, 0) is 49.6 Å². The highest BCUT2D eigenvalue weighted by atomic mass is 16.4. The third kappa shape index (κ3) is 17.1. The highest BCUT2D eigenvalue weighted by Crippen LogP contribution is 2.09. The van der Waals surface area contributed by atoms with Crippen molar-refractivity contribution in [2.75, 3.05) is 0 Å². The Morgan fingerprint density at radius 2 is 1.14 bits per heavy atom. The summed E-state index contributed by atoms with van der Waals surface area (Å²) in [4.78, 5) is 111. The van der Waals surface area contributed by atoms with Crippen molar-refractivity contribution in [2.24, 2.45) is 17.4 Å². The molecule has 12 N–H and O–H groups in total. The minimum Gasteiger partial charge on any atom is -0.481 e. The van der Waals surface area contributed by atoms with Gasteiger partial charge in [0.2, 0.25) is 35.4 Å². The van der Waals surface area contributed by atoms with E-state index < -0.39 is 109 Å². The van der Waals surface area contributed by atoms with Gasteiger partial charge >= 0.3 is 17.9 Å². The lowest BCUT2D eigenvalue weighted by Crippen LogP contribution is -2.59. The number of hydrogen-bond acceptors (Lipinski definition) is 10. The summed E-state index contributed by atoms with van der Waals surface area (Å²) < 4.78 is 0. The Balaban J connectivity index is 3.15. The van der Waals surface area contributed by atoms with Crippen LogP contribution in [0.3, 0.4) is 0 Å². The SMILES string of the molecule is CC(C)C[C@H](NC(=O)[C@H](CCC(=O)O)NC(=O)[C@@H](N)CC(=O)O)C(=O)N[C@@H](C)C(=O)N[C@@H](Cc1ccccc1)C(=O)N[C@@H](CCC(N)=O)C(=O)O. The van der Waals surface area contributed by atoms with E-state index in [0.717, 1.165) is 0 Å². The average molecular weight is 722 g/mol. The average Bonchev–Trinajstić information content (AvgIpc) is 3.03. The van der Waals surface area contributed by atoms with E-state index in [4.69, 9.17) is 21.7 Å². The summed E-state index contributed by atoms with van der Waals surface area (Å²) in [5.74, 6) is -9.65. The summed E-state index contributed by atoms with van der Waals surface area (Å²) in [6.07, 6.45) is -2.42. The van der Waals surface area contributed by atoms with Crippen LogP contribution in [0.25, 0.3) is 0 Å². The number of nitrogens with two attached hydrogens (primary N) is 2. The van der Waals surface area contributed by atoms with E-state index in [0.29, 0.717) is 5.56 Å². The van der Waals surface area contributed by atoms with E-state index in [9.17, 15) is 48.3 Å². The fourth-order valence-electron chi connectivity index (χ4n) is 4.62. The summed E-state index contributed by atoms with van der Waals surface area (Å²) in [7, 11) is 0. The predicted octanol–water partition coefficient (Wildman–Crippen LogP) is -2.26. The minimum atomic E-state index is -1.55. The number of amides is 6. The van der Waals surface area contributed by atoms with Crippen LogP contribution in [0.15, 0.2) is 30.3 Å². The molecular weight excluding hydrogens is 674 g/mol. The van der Waals surface area contributed by atoms with Crippen molar-refractivity contribution in [3.63, 3.8) is 0 Å². The number of carbonyl (C=O) groups is 9. The van der Waals surface area contributed by atoms with Gasteiger partial charge in [0.1, 0.15) is 30.2 Å². The molecule has 0 radical (unpaired) electrons. The molecule has 6 atom stereocenters. The summed E-state index contributed by atoms with van der Waals surface area (Å²) >= 11 is 0. The number of hydrogen-bond donors (Lipinski definition) is 10. The summed E-state index contributed by atoms with van der Waals surface area (Å²) in [6, 6.07) is -0.0355. The first kappa shape index (κ1) is 43.4. The molecule has 0 aliphatic carbocycles. The van der Waals surface area contributed by atoms with E-state index in [1.807, 2.05) is 0 Å². The van der Waals surface area contributed by atoms with Gasteiger partial charge in [-0.2, -0.15) is 0 Å². The molecule has 0 aromatic heterocycles. The van der Waals surface area contributed by atoms with Crippen LogP contribution in [-0.4, -0.2) is 105 Å². The Morgan fingerprint density at radius 3 is 1.67 bits per heavy atom. The second-order valence-electron chi connectivity index (χ2n) is 12.3. The van der Waals surface area contributed by atoms with Crippen LogP contribution in [0, 0.1) is 5.92 Å². The summed E-state index contributed by atoms with van der Waals surface area (Å²) in [5, 5.41) is 39.5. The van der Waals surface area contributed by atoms with Crippen molar-refractivity contribution in [1.82, 2.24) is 26.6 Å². The van der Waals surface area contributed by atoms with Crippen LogP contribution in [0.4, 0.5) is 0 Å². The Morgan fingerprint density at radius 1 is 0.627 bits per heavy atom. The highest BCUT2D eigenvalue weighted by molar-refractivity contribution is 5.96. The zero-order valence-electron chi connectivity index (χ0n) is 28.5. The molecule has 0 fully saturated rings. The molecule has 1 aromatic carbocycles. The molecule has 0 saturated carbocycles. The number of nitrogens with one attached hydrogen (secondary N) is 5. The molecule has 0 aliphatic rings. The highest BCUT2D eigenvalue weighted by Gasteiger charge is 2.32. The van der Waals surface area contributed by atoms with Crippen LogP contribution in [0.5, 0.6) is 0 Å². The van der Waals surface area contributed by atoms with E-state index in [1.165, 1.54) is 6.92 Å². The number of carboxylic acid groups (broad SMARTS) is 3. The van der Waals surface area contributed by atoms with E-state index in [2.05, 4.69) is 26.6 Å². The zero-order chi connectivity index (χ0) is 38.8. The second-order valence-corrected chi connectivity index (χ2v) is 12.3. The van der Waals surface area contributed by atoms with Gasteiger partial charge in [0.05, 0.1) is 12.5 Å². The van der Waals surface area contributed by atoms with Gasteiger partial charge in [-0.15, -0.1) is 0 Å². The monoisotopic (exact) mass is 721 g/mol. The zero-order valence-corrected chi connectivity index (χ0v) is 28.5. The fourth-order valence-corrected chi connectivity index (χ4v) is 4.62. The molecule has 0 heterocycles. The Kier molecular flexibility index (Phi) is 18.3. The number of rotatable bonds is 23. The first-order chi connectivity index (χ1) is 23.8. The van der Waals surface area contributed by atoms with E-state index in [1.54, 1.807) is 44.2 Å². The van der Waals surface area contributed by atoms with Crippen LogP contribution < -0.4 is 38.1 Å². The van der Waals surface area contributed by atoms with E-state index >= 15 is 0 Å². The Hall–Kier alpha value is -5.59. The molecule has 282 valence electrons. The minimum absolute atomic E-state index is 0.0327. The lowest BCUT2D eigenvalue weighted by molar-refractivity contribution is -0.142. The number of primary amides is 1. The summed E-state index contributed by atoms with van der Waals surface area (Å²) in [5.41, 5.74) is 11.3. The maximum atomic E-state index is 13.4. The molecule has 19 nitrogen and oxygen atoms in total. The third-order valence-electron chi connectivity index (χ3n) is 7.31. The molecule has 0 spiro atoms. The van der Waals surface area contributed by atoms with Crippen molar-refractivity contribution in [1.29, 1.82) is 0 Å². The molecule has 51 heavy (non-hydrogen) atoms. The maximum absolute atomic E-state index is 13.4. The molecule has 0 unspecified atom stereocenters. The second kappa shape index (κ2) is 21.5. The van der Waals surface area contributed by atoms with Crippen molar-refractivity contribution in [3.05, 3.63) is 35.9 Å². The lowest BCUT2D eigenvalue weighted by Gasteiger charge is -2.26. The Labute approximate surface area is 293 Å². The third-order valence-corrected chi connectivity index (χ3v) is 7.31. The molecule has 1 aromatic rings. The molecule has 19 heteroatoms. The largest absolute Gasteiger partial charge is 0.481 e. The topological polar surface area (TPSA) is 327 Å². The normalized spacial score (nSPS) is 14.4. The van der Waals surface area contributed by atoms with E-state index in [-0.39, 0.29) is 31.6 Å². The number of benzene rings is 1. The van der Waals surface area contributed by atoms with Gasteiger partial charge in [-0.3, -0.25) is 38.4 Å². The van der Waals surface area contributed by atoms with Gasteiger partial charge in [0.25, 0.3) is 0 Å². The van der Waals surface area contributed by atoms with Crippen molar-refractivity contribution < 1.29 is 58.5 Å². The van der Waals surface area contributed by atoms with Gasteiger partial charge in [0.15, 0.2) is 0 Å². The van der Waals surface area contributed by atoms with Gasteiger partial charge in [0, 0.05) is 19.3 Å². The number of carbonyl (C=O) groups excluding carboxylic acids is 6. The predicted molar refractivity (Wildman–Crippen MR) is 178 cm³/mol. The smallest absolute Gasteiger partial charge is 0.326 e. The van der Waals surface area contributed by atoms with Gasteiger partial charge in [-0.05, 0) is 37.7 Å². The van der Waals surface area contributed by atoms with Gasteiger partial charge in [-0.1, -0.05) is 44.2 Å². The van der Waals surface area contributed by atoms with Crippen molar-refractivity contribution in [3.8, 4) is 0 Å². The number of aliphatic carboxylic acids is 3. The molecular formula is C32H47N7O12. The summed E-state index contributed by atoms with van der Waals surface area (Å²) in [6.45, 7) is 4.77. The van der Waals surface area contributed by atoms with Crippen LogP contribution in [0.1, 0.15) is 64.9 Å². The van der Waals surface area contributed by atoms with Gasteiger partial charge in [-0.25, -0.2) is 4.79 Å². The molecule has 0 saturated heterocycles. The van der Waals surface area contributed by atoms with Crippen molar-refractivity contribution >= 4 is 53.4 Å². The van der Waals surface area contributed by atoms with Crippen LogP contribution in [0.2, 0.25) is 0 Å². The Bertz CT molecular complexity index is 1420. The standard InChI is InChI=1S/C32H47N7O12/c1-16(2)13-22(39-29(47)20(10-12-25(41)42)36-28(46)19(33)15-26(43)44)30(48)35-17(3)27(45)38-23(14-18-7-5-4-6-8-18)31(49)37-21(32(50)51)9-11-24(34)40/h4-8,16-17,19-23H,9-15,33H2,1-3H3,(H2,34,40)(H,35,48)(H,36,46)(H,37,49)(H,38,45)(H,39,47)(H,41,42)(H,43,44)(H,50,51)/t17-,19-,20-,21-,22-,23-/m0/s1. The lowest BCUT2D eigenvalue weighted by atomic mass is 10.0. The first-order valence-electron chi connectivity index (χ1n) is 16.1. The quantitative estimate of drug-likeness (QED) is 0.0571. The van der Waals surface area contributed by atoms with Crippen LogP contribution >= 0.6 is 0 Å². The molecule has 1 rings (SSSR count). The fraction of sp³-hybridized carbons (Fsp3) is 0.531. The van der Waals surface area contributed by atoms with Gasteiger partial charge < -0.3 is 53.4 Å². The first-order valence-corrected chi connectivity index (χ1v) is 16.1.